The molecule has 1 aromatic heterocycles. The molecule has 2 aromatic rings. The molecule has 7 nitrogen and oxygen atoms in total. The van der Waals surface area contributed by atoms with Gasteiger partial charge in [-0.3, -0.25) is 4.79 Å². The molecule has 1 amide bonds. The van der Waals surface area contributed by atoms with Gasteiger partial charge >= 0.3 is 0 Å². The Balaban J connectivity index is 1.64. The van der Waals surface area contributed by atoms with E-state index in [1.54, 1.807) is 7.11 Å². The highest BCUT2D eigenvalue weighted by molar-refractivity contribution is 7.99. The minimum absolute atomic E-state index is 0.133. The van der Waals surface area contributed by atoms with Crippen LogP contribution in [0.25, 0.3) is 11.4 Å². The molecule has 1 aliphatic rings. The minimum Gasteiger partial charge on any atom is -0.497 e. The Kier molecular flexibility index (Phi) is 5.24. The summed E-state index contributed by atoms with van der Waals surface area (Å²) in [5.74, 6) is 7.88. The number of nitrogens with zero attached hydrogens (tertiary/aromatic N) is 4. The van der Waals surface area contributed by atoms with Gasteiger partial charge in [-0.2, -0.15) is 0 Å². The number of benzene rings is 1. The minimum atomic E-state index is 0.133. The van der Waals surface area contributed by atoms with Gasteiger partial charge in [0.1, 0.15) is 5.75 Å². The predicted octanol–water partition coefficient (Wildman–Crippen LogP) is 1.77. The number of methoxy groups -OCH3 is 1. The Bertz CT molecular complexity index is 695. The maximum absolute atomic E-state index is 12.2. The van der Waals surface area contributed by atoms with Gasteiger partial charge in [-0.25, -0.2) is 4.68 Å². The van der Waals surface area contributed by atoms with Crippen molar-refractivity contribution in [2.24, 2.45) is 0 Å². The smallest absolute Gasteiger partial charge is 0.233 e. The van der Waals surface area contributed by atoms with Crippen molar-refractivity contribution in [1.82, 2.24) is 19.8 Å². The number of thioether (sulfide) groups is 1. The SMILES string of the molecule is COc1ccc(-c2nnc(SCC(=O)N3CCCCC3)n2N)cc1. The van der Waals surface area contributed by atoms with E-state index < -0.39 is 0 Å². The van der Waals surface area contributed by atoms with Gasteiger partial charge in [0, 0.05) is 18.7 Å². The summed E-state index contributed by atoms with van der Waals surface area (Å²) in [7, 11) is 1.62. The van der Waals surface area contributed by atoms with Crippen LogP contribution in [-0.2, 0) is 4.79 Å². The van der Waals surface area contributed by atoms with Crippen molar-refractivity contribution in [3.05, 3.63) is 24.3 Å². The fourth-order valence-corrected chi connectivity index (χ4v) is 3.43. The van der Waals surface area contributed by atoms with Crippen LogP contribution in [0.3, 0.4) is 0 Å². The highest BCUT2D eigenvalue weighted by Crippen LogP contribution is 2.24. The molecule has 0 unspecified atom stereocenters. The molecule has 128 valence electrons. The quantitative estimate of drug-likeness (QED) is 0.655. The Morgan fingerprint density at radius 3 is 2.58 bits per heavy atom. The number of aromatic nitrogens is 3. The molecule has 1 saturated heterocycles. The van der Waals surface area contributed by atoms with Gasteiger partial charge in [0.2, 0.25) is 11.1 Å². The van der Waals surface area contributed by atoms with Crippen LogP contribution >= 0.6 is 11.8 Å². The van der Waals surface area contributed by atoms with Gasteiger partial charge in [-0.05, 0) is 43.5 Å². The van der Waals surface area contributed by atoms with Crippen LogP contribution in [0.4, 0.5) is 0 Å². The number of hydrogen-bond donors (Lipinski definition) is 1. The van der Waals surface area contributed by atoms with Crippen molar-refractivity contribution < 1.29 is 9.53 Å². The van der Waals surface area contributed by atoms with Crippen LogP contribution in [0.15, 0.2) is 29.4 Å². The molecule has 0 atom stereocenters. The molecule has 1 aromatic carbocycles. The molecule has 0 spiro atoms. The van der Waals surface area contributed by atoms with E-state index in [-0.39, 0.29) is 5.91 Å². The first-order valence-electron chi connectivity index (χ1n) is 7.94. The first kappa shape index (κ1) is 16.6. The van der Waals surface area contributed by atoms with E-state index in [0.29, 0.717) is 16.7 Å². The van der Waals surface area contributed by atoms with E-state index in [0.717, 1.165) is 37.2 Å². The summed E-state index contributed by atoms with van der Waals surface area (Å²) in [5, 5.41) is 8.77. The number of carbonyl (C=O) groups excluding carboxylic acids is 1. The van der Waals surface area contributed by atoms with Crippen LogP contribution in [-0.4, -0.2) is 51.6 Å². The number of amides is 1. The summed E-state index contributed by atoms with van der Waals surface area (Å²) in [6.07, 6.45) is 3.38. The molecule has 0 saturated carbocycles. The topological polar surface area (TPSA) is 86.3 Å². The highest BCUT2D eigenvalue weighted by Gasteiger charge is 2.19. The van der Waals surface area contributed by atoms with Crippen molar-refractivity contribution in [2.45, 2.75) is 24.4 Å². The summed E-state index contributed by atoms with van der Waals surface area (Å²) in [5.41, 5.74) is 0.847. The molecular weight excluding hydrogens is 326 g/mol. The fourth-order valence-electron chi connectivity index (χ4n) is 2.67. The number of ether oxygens (including phenoxy) is 1. The molecule has 0 bridgehead atoms. The second kappa shape index (κ2) is 7.57. The zero-order valence-corrected chi connectivity index (χ0v) is 14.5. The summed E-state index contributed by atoms with van der Waals surface area (Å²) in [6, 6.07) is 7.44. The molecule has 1 fully saturated rings. The molecule has 2 heterocycles. The van der Waals surface area contributed by atoms with Gasteiger partial charge in [0.15, 0.2) is 5.82 Å². The summed E-state index contributed by atoms with van der Waals surface area (Å²) >= 11 is 1.32. The Labute approximate surface area is 145 Å². The Morgan fingerprint density at radius 1 is 1.21 bits per heavy atom. The van der Waals surface area contributed by atoms with Crippen LogP contribution in [0, 0.1) is 0 Å². The van der Waals surface area contributed by atoms with Gasteiger partial charge in [0.05, 0.1) is 12.9 Å². The maximum atomic E-state index is 12.2. The normalized spacial score (nSPS) is 14.6. The van der Waals surface area contributed by atoms with Crippen molar-refractivity contribution in [1.29, 1.82) is 0 Å². The van der Waals surface area contributed by atoms with E-state index in [4.69, 9.17) is 10.6 Å². The number of likely N-dealkylation sites (tertiary alicyclic amines) is 1. The van der Waals surface area contributed by atoms with Crippen molar-refractivity contribution in [3.63, 3.8) is 0 Å². The van der Waals surface area contributed by atoms with E-state index in [1.165, 1.54) is 22.9 Å². The molecule has 3 rings (SSSR count). The second-order valence-corrected chi connectivity index (χ2v) is 6.58. The zero-order valence-electron chi connectivity index (χ0n) is 13.6. The first-order chi connectivity index (χ1) is 11.7. The van der Waals surface area contributed by atoms with E-state index in [9.17, 15) is 4.79 Å². The van der Waals surface area contributed by atoms with Crippen molar-refractivity contribution in [3.8, 4) is 17.1 Å². The lowest BCUT2D eigenvalue weighted by Gasteiger charge is -2.26. The van der Waals surface area contributed by atoms with E-state index in [1.807, 2.05) is 29.2 Å². The summed E-state index contributed by atoms with van der Waals surface area (Å²) in [4.78, 5) is 14.1. The average molecular weight is 347 g/mol. The number of carbonyl (C=O) groups is 1. The molecule has 2 N–H and O–H groups in total. The lowest BCUT2D eigenvalue weighted by atomic mass is 10.1. The van der Waals surface area contributed by atoms with Gasteiger partial charge in [-0.1, -0.05) is 11.8 Å². The number of hydrogen-bond acceptors (Lipinski definition) is 6. The highest BCUT2D eigenvalue weighted by atomic mass is 32.2. The van der Waals surface area contributed by atoms with Crippen LogP contribution in [0.5, 0.6) is 5.75 Å². The summed E-state index contributed by atoms with van der Waals surface area (Å²) < 4.78 is 6.57. The molecule has 0 aliphatic carbocycles. The van der Waals surface area contributed by atoms with Gasteiger partial charge < -0.3 is 15.5 Å². The third kappa shape index (κ3) is 3.64. The number of rotatable bonds is 5. The lowest BCUT2D eigenvalue weighted by Crippen LogP contribution is -2.36. The van der Waals surface area contributed by atoms with E-state index in [2.05, 4.69) is 10.2 Å². The molecule has 24 heavy (non-hydrogen) atoms. The third-order valence-electron chi connectivity index (χ3n) is 4.05. The monoisotopic (exact) mass is 347 g/mol. The standard InChI is InChI=1S/C16H21N5O2S/c1-23-13-7-5-12(6-8-13)15-18-19-16(21(15)17)24-11-14(22)20-9-3-2-4-10-20/h5-8H,2-4,9-11,17H2,1H3. The first-order valence-corrected chi connectivity index (χ1v) is 8.93. The maximum Gasteiger partial charge on any atom is 0.233 e. The number of nitrogens with two attached hydrogens (primary N) is 1. The van der Waals surface area contributed by atoms with Crippen LogP contribution < -0.4 is 10.6 Å². The Hall–Kier alpha value is -2.22. The number of piperidine rings is 1. The zero-order chi connectivity index (χ0) is 16.9. The van der Waals surface area contributed by atoms with E-state index >= 15 is 0 Å². The molecule has 1 aliphatic heterocycles. The third-order valence-corrected chi connectivity index (χ3v) is 4.97. The number of nitrogen functional groups attached to an aromatic ring is 1. The Morgan fingerprint density at radius 2 is 1.92 bits per heavy atom. The van der Waals surface area contributed by atoms with Gasteiger partial charge in [-0.15, -0.1) is 10.2 Å². The largest absolute Gasteiger partial charge is 0.497 e. The lowest BCUT2D eigenvalue weighted by molar-refractivity contribution is -0.129. The molecule has 8 heteroatoms. The molecule has 0 radical (unpaired) electrons. The average Bonchev–Trinajstić information content (AvgIpc) is 3.01. The van der Waals surface area contributed by atoms with Gasteiger partial charge in [0.25, 0.3) is 0 Å². The van der Waals surface area contributed by atoms with Crippen LogP contribution in [0.2, 0.25) is 0 Å². The predicted molar refractivity (Wildman–Crippen MR) is 93.3 cm³/mol. The fraction of sp³-hybridized carbons (Fsp3) is 0.438. The summed E-state index contributed by atoms with van der Waals surface area (Å²) in [6.45, 7) is 1.71. The van der Waals surface area contributed by atoms with Crippen molar-refractivity contribution in [2.75, 3.05) is 31.8 Å². The molecular formula is C16H21N5O2S. The van der Waals surface area contributed by atoms with Crippen molar-refractivity contribution >= 4 is 17.7 Å². The van der Waals surface area contributed by atoms with Crippen LogP contribution in [0.1, 0.15) is 19.3 Å². The second-order valence-electron chi connectivity index (χ2n) is 5.63.